The van der Waals surface area contributed by atoms with Gasteiger partial charge in [0.15, 0.2) is 0 Å². The lowest BCUT2D eigenvalue weighted by atomic mass is 10.1. The van der Waals surface area contributed by atoms with E-state index in [9.17, 15) is 0 Å². The van der Waals surface area contributed by atoms with Crippen LogP contribution in [0.1, 0.15) is 5.56 Å². The zero-order chi connectivity index (χ0) is 13.7. The Hall–Kier alpha value is -0.970. The van der Waals surface area contributed by atoms with E-state index in [1.54, 1.807) is 18.9 Å². The smallest absolute Gasteiger partial charge is 0.118 e. The lowest BCUT2D eigenvalue weighted by Gasteiger charge is -2.09. The normalized spacial score (nSPS) is 10.5. The van der Waals surface area contributed by atoms with Gasteiger partial charge in [-0.05, 0) is 54.9 Å². The zero-order valence-corrected chi connectivity index (χ0v) is 13.1. The Morgan fingerprint density at radius 2 is 1.89 bits per heavy atom. The quantitative estimate of drug-likeness (QED) is 0.891. The summed E-state index contributed by atoms with van der Waals surface area (Å²) in [6.07, 6.45) is 0.895. The summed E-state index contributed by atoms with van der Waals surface area (Å²) in [7, 11) is 1.68. The number of nitrogens with two attached hydrogens (primary N) is 1. The Bertz CT molecular complexity index is 542. The maximum atomic E-state index is 5.66. The number of ether oxygens (including phenoxy) is 1. The van der Waals surface area contributed by atoms with Gasteiger partial charge in [0.1, 0.15) is 5.75 Å². The monoisotopic (exact) mass is 337 g/mol. The zero-order valence-electron chi connectivity index (χ0n) is 10.7. The minimum absolute atomic E-state index is 0.664. The van der Waals surface area contributed by atoms with E-state index in [2.05, 4.69) is 46.3 Å². The Balaban J connectivity index is 2.23. The summed E-state index contributed by atoms with van der Waals surface area (Å²) in [6.45, 7) is 0.664. The highest BCUT2D eigenvalue weighted by molar-refractivity contribution is 9.10. The van der Waals surface area contributed by atoms with E-state index in [0.29, 0.717) is 6.54 Å². The standard InChI is InChI=1S/C15H16BrNOS/c1-18-13-4-6-14(7-5-13)19-15-10-12(16)3-2-11(15)8-9-17/h2-7,10H,8-9,17H2,1H3. The van der Waals surface area contributed by atoms with E-state index in [4.69, 9.17) is 10.5 Å². The lowest BCUT2D eigenvalue weighted by molar-refractivity contribution is 0.414. The molecule has 2 aromatic carbocycles. The topological polar surface area (TPSA) is 35.2 Å². The van der Waals surface area contributed by atoms with Crippen molar-refractivity contribution in [1.82, 2.24) is 0 Å². The molecule has 19 heavy (non-hydrogen) atoms. The van der Waals surface area contributed by atoms with Crippen LogP contribution >= 0.6 is 27.7 Å². The molecular formula is C15H16BrNOS. The van der Waals surface area contributed by atoms with Gasteiger partial charge in [-0.3, -0.25) is 0 Å². The van der Waals surface area contributed by atoms with Crippen LogP contribution in [0.2, 0.25) is 0 Å². The number of methoxy groups -OCH3 is 1. The van der Waals surface area contributed by atoms with E-state index in [1.165, 1.54) is 15.4 Å². The molecule has 2 aromatic rings. The molecule has 2 rings (SSSR count). The van der Waals surface area contributed by atoms with Crippen molar-refractivity contribution in [2.24, 2.45) is 5.73 Å². The fraction of sp³-hybridized carbons (Fsp3) is 0.200. The fourth-order valence-corrected chi connectivity index (χ4v) is 3.28. The lowest BCUT2D eigenvalue weighted by Crippen LogP contribution is -2.03. The van der Waals surface area contributed by atoms with Crippen LogP contribution in [0.25, 0.3) is 0 Å². The number of hydrogen-bond acceptors (Lipinski definition) is 3. The fourth-order valence-electron chi connectivity index (χ4n) is 1.76. The highest BCUT2D eigenvalue weighted by Gasteiger charge is 2.05. The average Bonchev–Trinajstić information content (AvgIpc) is 2.43. The Morgan fingerprint density at radius 3 is 2.53 bits per heavy atom. The van der Waals surface area contributed by atoms with Crippen LogP contribution in [0.3, 0.4) is 0 Å². The SMILES string of the molecule is COc1ccc(Sc2cc(Br)ccc2CCN)cc1. The average molecular weight is 338 g/mol. The van der Waals surface area contributed by atoms with Crippen LogP contribution in [0.15, 0.2) is 56.7 Å². The molecule has 0 saturated heterocycles. The van der Waals surface area contributed by atoms with Crippen LogP contribution < -0.4 is 10.5 Å². The predicted molar refractivity (Wildman–Crippen MR) is 84.0 cm³/mol. The van der Waals surface area contributed by atoms with Gasteiger partial charge < -0.3 is 10.5 Å². The van der Waals surface area contributed by atoms with Crippen molar-refractivity contribution in [3.63, 3.8) is 0 Å². The van der Waals surface area contributed by atoms with Crippen molar-refractivity contribution < 1.29 is 4.74 Å². The first kappa shape index (κ1) is 14.4. The summed E-state index contributed by atoms with van der Waals surface area (Å²) in [4.78, 5) is 2.43. The molecule has 0 saturated carbocycles. The second-order valence-corrected chi connectivity index (χ2v) is 6.10. The maximum Gasteiger partial charge on any atom is 0.118 e. The van der Waals surface area contributed by atoms with Gasteiger partial charge in [0.05, 0.1) is 7.11 Å². The molecule has 0 aliphatic rings. The minimum atomic E-state index is 0.664. The first-order valence-corrected chi connectivity index (χ1v) is 7.64. The van der Waals surface area contributed by atoms with Crippen molar-refractivity contribution >= 4 is 27.7 Å². The molecular weight excluding hydrogens is 322 g/mol. The van der Waals surface area contributed by atoms with Crippen LogP contribution in [-0.4, -0.2) is 13.7 Å². The van der Waals surface area contributed by atoms with Crippen molar-refractivity contribution in [3.8, 4) is 5.75 Å². The summed E-state index contributed by atoms with van der Waals surface area (Å²) >= 11 is 5.27. The predicted octanol–water partition coefficient (Wildman–Crippen LogP) is 4.11. The number of rotatable bonds is 5. The molecule has 100 valence electrons. The molecule has 0 spiro atoms. The second-order valence-electron chi connectivity index (χ2n) is 4.07. The molecule has 0 bridgehead atoms. The molecule has 4 heteroatoms. The van der Waals surface area contributed by atoms with Gasteiger partial charge in [0, 0.05) is 14.3 Å². The molecule has 2 nitrogen and oxygen atoms in total. The minimum Gasteiger partial charge on any atom is -0.497 e. The van der Waals surface area contributed by atoms with Crippen LogP contribution in [0, 0.1) is 0 Å². The van der Waals surface area contributed by atoms with Gasteiger partial charge in [-0.1, -0.05) is 33.8 Å². The maximum absolute atomic E-state index is 5.66. The van der Waals surface area contributed by atoms with Crippen molar-refractivity contribution in [3.05, 3.63) is 52.5 Å². The van der Waals surface area contributed by atoms with Gasteiger partial charge in [-0.25, -0.2) is 0 Å². The van der Waals surface area contributed by atoms with Gasteiger partial charge in [0.2, 0.25) is 0 Å². The van der Waals surface area contributed by atoms with Gasteiger partial charge in [0.25, 0.3) is 0 Å². The molecule has 0 heterocycles. The second kappa shape index (κ2) is 6.98. The van der Waals surface area contributed by atoms with Crippen molar-refractivity contribution in [2.75, 3.05) is 13.7 Å². The Labute approximate surface area is 126 Å². The summed E-state index contributed by atoms with van der Waals surface area (Å²) in [5, 5.41) is 0. The Morgan fingerprint density at radius 1 is 1.16 bits per heavy atom. The third-order valence-corrected chi connectivity index (χ3v) is 4.33. The summed E-state index contributed by atoms with van der Waals surface area (Å²) in [5.41, 5.74) is 6.95. The molecule has 2 N–H and O–H groups in total. The molecule has 0 amide bonds. The van der Waals surface area contributed by atoms with Crippen molar-refractivity contribution in [2.45, 2.75) is 16.2 Å². The van der Waals surface area contributed by atoms with Crippen LogP contribution in [0.5, 0.6) is 5.75 Å². The summed E-state index contributed by atoms with van der Waals surface area (Å²) in [5.74, 6) is 0.876. The highest BCUT2D eigenvalue weighted by Crippen LogP contribution is 2.33. The van der Waals surface area contributed by atoms with Crippen LogP contribution in [-0.2, 0) is 6.42 Å². The molecule has 0 fully saturated rings. The molecule has 0 aliphatic heterocycles. The number of halogens is 1. The van der Waals surface area contributed by atoms with Gasteiger partial charge >= 0.3 is 0 Å². The van der Waals surface area contributed by atoms with Gasteiger partial charge in [-0.2, -0.15) is 0 Å². The first-order chi connectivity index (χ1) is 9.22. The summed E-state index contributed by atoms with van der Waals surface area (Å²) in [6, 6.07) is 14.4. The molecule has 0 aromatic heterocycles. The molecule has 0 unspecified atom stereocenters. The van der Waals surface area contributed by atoms with E-state index in [-0.39, 0.29) is 0 Å². The third-order valence-electron chi connectivity index (χ3n) is 2.73. The van der Waals surface area contributed by atoms with E-state index < -0.39 is 0 Å². The van der Waals surface area contributed by atoms with E-state index in [0.717, 1.165) is 16.6 Å². The third kappa shape index (κ3) is 4.00. The number of benzene rings is 2. The van der Waals surface area contributed by atoms with E-state index >= 15 is 0 Å². The van der Waals surface area contributed by atoms with Crippen LogP contribution in [0.4, 0.5) is 0 Å². The summed E-state index contributed by atoms with van der Waals surface area (Å²) < 4.78 is 6.25. The largest absolute Gasteiger partial charge is 0.497 e. The molecule has 0 atom stereocenters. The van der Waals surface area contributed by atoms with Gasteiger partial charge in [-0.15, -0.1) is 0 Å². The molecule has 0 radical (unpaired) electrons. The van der Waals surface area contributed by atoms with E-state index in [1.807, 2.05) is 12.1 Å². The number of hydrogen-bond donors (Lipinski definition) is 1. The highest BCUT2D eigenvalue weighted by atomic mass is 79.9. The van der Waals surface area contributed by atoms with Crippen molar-refractivity contribution in [1.29, 1.82) is 0 Å². The molecule has 0 aliphatic carbocycles. The first-order valence-electron chi connectivity index (χ1n) is 6.03. The Kier molecular flexibility index (Phi) is 5.31.